The fourth-order valence-corrected chi connectivity index (χ4v) is 4.09. The number of para-hydroxylation sites is 1. The maximum atomic E-state index is 12.6. The number of rotatable bonds is 4. The van der Waals surface area contributed by atoms with E-state index in [-0.39, 0.29) is 18.6 Å². The summed E-state index contributed by atoms with van der Waals surface area (Å²) in [4.78, 5) is 25.5. The van der Waals surface area contributed by atoms with Gasteiger partial charge in [-0.2, -0.15) is 5.10 Å². The molecule has 7 heteroatoms. The average Bonchev–Trinajstić information content (AvgIpc) is 3.30. The second kappa shape index (κ2) is 7.07. The molecule has 0 saturated carbocycles. The van der Waals surface area contributed by atoms with E-state index >= 15 is 0 Å². The highest BCUT2D eigenvalue weighted by Gasteiger charge is 2.37. The first-order valence-corrected chi connectivity index (χ1v) is 9.18. The number of likely N-dealkylation sites (tertiary alicyclic amines) is 1. The molecule has 2 atom stereocenters. The van der Waals surface area contributed by atoms with Crippen LogP contribution in [-0.4, -0.2) is 57.0 Å². The van der Waals surface area contributed by atoms with Crippen LogP contribution in [0.15, 0.2) is 30.5 Å². The van der Waals surface area contributed by atoms with Crippen LogP contribution in [0.5, 0.6) is 0 Å². The van der Waals surface area contributed by atoms with Gasteiger partial charge in [0.15, 0.2) is 6.10 Å². The molecule has 7 nitrogen and oxygen atoms in total. The van der Waals surface area contributed by atoms with Gasteiger partial charge in [-0.25, -0.2) is 4.79 Å². The Morgan fingerprint density at radius 1 is 1.15 bits per heavy atom. The molecule has 2 aromatic rings. The minimum Gasteiger partial charge on any atom is -0.479 e. The van der Waals surface area contributed by atoms with E-state index in [0.717, 1.165) is 30.2 Å². The summed E-state index contributed by atoms with van der Waals surface area (Å²) in [5, 5.41) is 14.4. The van der Waals surface area contributed by atoms with Crippen molar-refractivity contribution in [2.24, 2.45) is 5.92 Å². The number of ether oxygens (including phenoxy) is 1. The van der Waals surface area contributed by atoms with E-state index in [1.807, 2.05) is 29.2 Å². The number of carbonyl (C=O) groups is 2. The lowest BCUT2D eigenvalue weighted by molar-refractivity contribution is -0.151. The van der Waals surface area contributed by atoms with Gasteiger partial charge >= 0.3 is 5.97 Å². The molecule has 1 amide bonds. The van der Waals surface area contributed by atoms with Crippen molar-refractivity contribution in [3.05, 3.63) is 30.5 Å². The summed E-state index contributed by atoms with van der Waals surface area (Å²) >= 11 is 0. The van der Waals surface area contributed by atoms with E-state index < -0.39 is 12.1 Å². The number of aromatic nitrogens is 2. The van der Waals surface area contributed by atoms with Crippen molar-refractivity contribution in [1.29, 1.82) is 0 Å². The zero-order valence-corrected chi connectivity index (χ0v) is 14.6. The van der Waals surface area contributed by atoms with Gasteiger partial charge in [0, 0.05) is 18.5 Å². The molecule has 26 heavy (non-hydrogen) atoms. The number of nitrogens with zero attached hydrogens (tertiary/aromatic N) is 3. The molecular weight excluding hydrogens is 334 g/mol. The van der Waals surface area contributed by atoms with Crippen molar-refractivity contribution in [2.45, 2.75) is 44.4 Å². The van der Waals surface area contributed by atoms with E-state index in [0.29, 0.717) is 25.4 Å². The highest BCUT2D eigenvalue weighted by Crippen LogP contribution is 2.32. The normalized spacial score (nSPS) is 24.2. The molecule has 2 saturated heterocycles. The van der Waals surface area contributed by atoms with E-state index in [1.165, 1.54) is 0 Å². The maximum absolute atomic E-state index is 12.6. The first kappa shape index (κ1) is 17.0. The molecule has 1 aromatic carbocycles. The van der Waals surface area contributed by atoms with Gasteiger partial charge in [-0.3, -0.25) is 9.48 Å². The van der Waals surface area contributed by atoms with Crippen LogP contribution in [-0.2, 0) is 20.9 Å². The molecule has 0 unspecified atom stereocenters. The number of fused-ring (bicyclic) bond motifs is 1. The molecule has 0 radical (unpaired) electrons. The third-order valence-corrected chi connectivity index (χ3v) is 5.58. The molecule has 138 valence electrons. The topological polar surface area (TPSA) is 84.7 Å². The van der Waals surface area contributed by atoms with Crippen molar-refractivity contribution < 1.29 is 19.4 Å². The van der Waals surface area contributed by atoms with Crippen LogP contribution in [0.4, 0.5) is 0 Å². The number of aliphatic carboxylic acids is 1. The molecule has 2 aliphatic rings. The molecule has 2 aliphatic heterocycles. The molecule has 1 aromatic heterocycles. The monoisotopic (exact) mass is 357 g/mol. The standard InChI is InChI=1S/C19H23N3O4/c23-18(12-22-15-4-2-1-3-14(15)11-20-22)21-9-7-13(8-10-21)16-5-6-17(26-16)19(24)25/h1-4,11,13,16-17H,5-10,12H2,(H,24,25)/t16-,17+/m0/s1. The number of carbonyl (C=O) groups excluding carboxylic acids is 1. The van der Waals surface area contributed by atoms with Gasteiger partial charge in [-0.15, -0.1) is 0 Å². The van der Waals surface area contributed by atoms with Gasteiger partial charge < -0.3 is 14.7 Å². The van der Waals surface area contributed by atoms with Crippen molar-refractivity contribution in [2.75, 3.05) is 13.1 Å². The zero-order chi connectivity index (χ0) is 18.1. The number of hydrogen-bond donors (Lipinski definition) is 1. The number of amides is 1. The lowest BCUT2D eigenvalue weighted by Gasteiger charge is -2.34. The first-order valence-electron chi connectivity index (χ1n) is 9.18. The van der Waals surface area contributed by atoms with Crippen LogP contribution < -0.4 is 0 Å². The molecule has 0 aliphatic carbocycles. The lowest BCUT2D eigenvalue weighted by atomic mass is 9.89. The van der Waals surface area contributed by atoms with E-state index in [1.54, 1.807) is 10.9 Å². The Morgan fingerprint density at radius 2 is 1.92 bits per heavy atom. The van der Waals surface area contributed by atoms with Gasteiger partial charge in [0.05, 0.1) is 17.8 Å². The summed E-state index contributed by atoms with van der Waals surface area (Å²) in [7, 11) is 0. The van der Waals surface area contributed by atoms with E-state index in [4.69, 9.17) is 9.84 Å². The van der Waals surface area contributed by atoms with Crippen LogP contribution in [0.2, 0.25) is 0 Å². The van der Waals surface area contributed by atoms with Crippen molar-refractivity contribution in [3.63, 3.8) is 0 Å². The fraction of sp³-hybridized carbons (Fsp3) is 0.526. The summed E-state index contributed by atoms with van der Waals surface area (Å²) in [5.74, 6) is -0.450. The Hall–Kier alpha value is -2.41. The van der Waals surface area contributed by atoms with Gasteiger partial charge in [-0.1, -0.05) is 18.2 Å². The first-order chi connectivity index (χ1) is 12.6. The maximum Gasteiger partial charge on any atom is 0.332 e. The van der Waals surface area contributed by atoms with Crippen LogP contribution in [0.1, 0.15) is 25.7 Å². The smallest absolute Gasteiger partial charge is 0.332 e. The third-order valence-electron chi connectivity index (χ3n) is 5.58. The molecule has 0 bridgehead atoms. The second-order valence-electron chi connectivity index (χ2n) is 7.16. The van der Waals surface area contributed by atoms with Crippen LogP contribution in [0.3, 0.4) is 0 Å². The summed E-state index contributed by atoms with van der Waals surface area (Å²) in [6, 6.07) is 7.86. The predicted octanol–water partition coefficient (Wildman–Crippen LogP) is 1.91. The number of carboxylic acids is 1. The molecule has 1 N–H and O–H groups in total. The SMILES string of the molecule is O=C(O)[C@H]1CC[C@@H](C2CCN(C(=O)Cn3ncc4ccccc43)CC2)O1. The molecule has 4 rings (SSSR count). The quantitative estimate of drug-likeness (QED) is 0.903. The molecule has 0 spiro atoms. The predicted molar refractivity (Wildman–Crippen MR) is 94.6 cm³/mol. The number of piperidine rings is 1. The molecule has 3 heterocycles. The highest BCUT2D eigenvalue weighted by molar-refractivity contribution is 5.82. The number of benzene rings is 1. The average molecular weight is 357 g/mol. The molecule has 2 fully saturated rings. The van der Waals surface area contributed by atoms with Gasteiger partial charge in [0.1, 0.15) is 6.54 Å². The minimum atomic E-state index is -0.869. The van der Waals surface area contributed by atoms with Gasteiger partial charge in [-0.05, 0) is 37.7 Å². The Morgan fingerprint density at radius 3 is 2.65 bits per heavy atom. The van der Waals surface area contributed by atoms with Crippen LogP contribution in [0.25, 0.3) is 10.9 Å². The van der Waals surface area contributed by atoms with Gasteiger partial charge in [0.2, 0.25) is 5.91 Å². The zero-order valence-electron chi connectivity index (χ0n) is 14.6. The fourth-order valence-electron chi connectivity index (χ4n) is 4.09. The summed E-state index contributed by atoms with van der Waals surface area (Å²) in [6.07, 6.45) is 4.26. The van der Waals surface area contributed by atoms with Crippen LogP contribution in [0, 0.1) is 5.92 Å². The van der Waals surface area contributed by atoms with Crippen molar-refractivity contribution >= 4 is 22.8 Å². The Labute approximate surface area is 151 Å². The lowest BCUT2D eigenvalue weighted by Crippen LogP contribution is -2.42. The van der Waals surface area contributed by atoms with Crippen LogP contribution >= 0.6 is 0 Å². The number of carboxylic acid groups (broad SMARTS) is 1. The second-order valence-corrected chi connectivity index (χ2v) is 7.16. The van der Waals surface area contributed by atoms with Crippen molar-refractivity contribution in [1.82, 2.24) is 14.7 Å². The highest BCUT2D eigenvalue weighted by atomic mass is 16.5. The minimum absolute atomic E-state index is 0.0170. The molecular formula is C19H23N3O4. The summed E-state index contributed by atoms with van der Waals surface area (Å²) in [6.45, 7) is 1.64. The Kier molecular flexibility index (Phi) is 4.63. The Bertz CT molecular complexity index is 810. The van der Waals surface area contributed by atoms with E-state index in [2.05, 4.69) is 5.10 Å². The van der Waals surface area contributed by atoms with E-state index in [9.17, 15) is 9.59 Å². The van der Waals surface area contributed by atoms with Crippen molar-refractivity contribution in [3.8, 4) is 0 Å². The largest absolute Gasteiger partial charge is 0.479 e. The number of hydrogen-bond acceptors (Lipinski definition) is 4. The third kappa shape index (κ3) is 3.31. The summed E-state index contributed by atoms with van der Waals surface area (Å²) < 4.78 is 7.43. The summed E-state index contributed by atoms with van der Waals surface area (Å²) in [5.41, 5.74) is 0.967. The van der Waals surface area contributed by atoms with Gasteiger partial charge in [0.25, 0.3) is 0 Å². The Balaban J connectivity index is 1.32.